The Morgan fingerprint density at radius 2 is 2.06 bits per heavy atom. The normalized spacial score (nSPS) is 10.1. The van der Waals surface area contributed by atoms with Crippen molar-refractivity contribution < 1.29 is 4.74 Å². The minimum Gasteiger partial charge on any atom is -0.496 e. The van der Waals surface area contributed by atoms with Crippen LogP contribution in [-0.2, 0) is 5.75 Å². The van der Waals surface area contributed by atoms with E-state index in [9.17, 15) is 0 Å². The van der Waals surface area contributed by atoms with Crippen molar-refractivity contribution in [3.05, 3.63) is 42.4 Å². The van der Waals surface area contributed by atoms with Gasteiger partial charge in [0.05, 0.1) is 18.6 Å². The number of rotatable bonds is 3. The lowest BCUT2D eigenvalue weighted by Crippen LogP contribution is -1.94. The smallest absolute Gasteiger partial charge is 0.138 e. The second kappa shape index (κ2) is 4.99. The van der Waals surface area contributed by atoms with Crippen molar-refractivity contribution in [3.63, 3.8) is 0 Å². The Balaban J connectivity index is 2.49. The summed E-state index contributed by atoms with van der Waals surface area (Å²) in [4.78, 5) is 8.51. The van der Waals surface area contributed by atoms with Crippen LogP contribution in [0.2, 0.25) is 0 Å². The molecule has 2 rings (SSSR count). The Hall–Kier alpha value is -1.55. The third-order valence-corrected chi connectivity index (χ3v) is 2.51. The highest BCUT2D eigenvalue weighted by Gasteiger charge is 2.06. The molecule has 0 atom stereocenters. The zero-order valence-electron chi connectivity index (χ0n) is 8.92. The topological polar surface area (TPSA) is 35.0 Å². The van der Waals surface area contributed by atoms with Gasteiger partial charge in [0, 0.05) is 11.8 Å². The molecule has 0 saturated heterocycles. The Bertz CT molecular complexity index is 488. The fourth-order valence-electron chi connectivity index (χ4n) is 1.48. The van der Waals surface area contributed by atoms with Crippen LogP contribution in [0.15, 0.2) is 36.5 Å². The predicted molar refractivity (Wildman–Crippen MR) is 66.7 cm³/mol. The van der Waals surface area contributed by atoms with Gasteiger partial charge in [0.1, 0.15) is 11.6 Å². The number of hydrogen-bond acceptors (Lipinski definition) is 4. The van der Waals surface area contributed by atoms with Crippen LogP contribution in [-0.4, -0.2) is 17.1 Å². The number of hydrogen-bond donors (Lipinski definition) is 1. The fraction of sp³-hybridized carbons (Fsp3) is 0.167. The van der Waals surface area contributed by atoms with Crippen LogP contribution in [0.3, 0.4) is 0 Å². The first kappa shape index (κ1) is 11.0. The van der Waals surface area contributed by atoms with E-state index in [0.717, 1.165) is 17.0 Å². The second-order valence-corrected chi connectivity index (χ2v) is 3.53. The standard InChI is InChI=1S/C12H12N2OS/c1-15-11-5-3-2-4-9(11)10-6-7-13-12(8-16)14-10/h2-7,16H,8H2,1H3. The van der Waals surface area contributed by atoms with E-state index in [4.69, 9.17) is 4.74 Å². The molecule has 1 aromatic heterocycles. The number of thiol groups is 1. The quantitative estimate of drug-likeness (QED) is 0.826. The highest BCUT2D eigenvalue weighted by molar-refractivity contribution is 7.79. The molecule has 0 fully saturated rings. The van der Waals surface area contributed by atoms with Crippen LogP contribution in [0.4, 0.5) is 0 Å². The molecule has 0 saturated carbocycles. The SMILES string of the molecule is COc1ccccc1-c1ccnc(CS)n1. The molecular formula is C12H12N2OS. The molecule has 0 unspecified atom stereocenters. The number of benzene rings is 1. The van der Waals surface area contributed by atoms with Crippen LogP contribution in [0, 0.1) is 0 Å². The summed E-state index contributed by atoms with van der Waals surface area (Å²) in [6.45, 7) is 0. The van der Waals surface area contributed by atoms with Crippen molar-refractivity contribution in [2.24, 2.45) is 0 Å². The largest absolute Gasteiger partial charge is 0.496 e. The Morgan fingerprint density at radius 1 is 1.25 bits per heavy atom. The monoisotopic (exact) mass is 232 g/mol. The second-order valence-electron chi connectivity index (χ2n) is 3.22. The first-order valence-corrected chi connectivity index (χ1v) is 5.54. The highest BCUT2D eigenvalue weighted by atomic mass is 32.1. The van der Waals surface area contributed by atoms with Gasteiger partial charge in [-0.05, 0) is 18.2 Å². The van der Waals surface area contributed by atoms with Gasteiger partial charge in [0.15, 0.2) is 0 Å². The summed E-state index contributed by atoms with van der Waals surface area (Å²) < 4.78 is 5.29. The number of methoxy groups -OCH3 is 1. The van der Waals surface area contributed by atoms with Gasteiger partial charge in [0.25, 0.3) is 0 Å². The lowest BCUT2D eigenvalue weighted by atomic mass is 10.1. The van der Waals surface area contributed by atoms with Gasteiger partial charge < -0.3 is 4.74 Å². The molecule has 82 valence electrons. The summed E-state index contributed by atoms with van der Waals surface area (Å²) in [5, 5.41) is 0. The first-order chi connectivity index (χ1) is 7.85. The Kier molecular flexibility index (Phi) is 3.41. The summed E-state index contributed by atoms with van der Waals surface area (Å²) in [5.74, 6) is 2.06. The average Bonchev–Trinajstić information content (AvgIpc) is 2.38. The Morgan fingerprint density at radius 3 is 2.81 bits per heavy atom. The lowest BCUT2D eigenvalue weighted by Gasteiger charge is -2.07. The molecular weight excluding hydrogens is 220 g/mol. The predicted octanol–water partition coefficient (Wildman–Crippen LogP) is 2.58. The maximum absolute atomic E-state index is 5.29. The molecule has 1 heterocycles. The molecule has 2 aromatic rings. The van der Waals surface area contributed by atoms with Crippen molar-refractivity contribution in [3.8, 4) is 17.0 Å². The zero-order chi connectivity index (χ0) is 11.4. The third kappa shape index (κ3) is 2.17. The molecule has 16 heavy (non-hydrogen) atoms. The van der Waals surface area contributed by atoms with Crippen LogP contribution >= 0.6 is 12.6 Å². The van der Waals surface area contributed by atoms with Crippen LogP contribution in [0.25, 0.3) is 11.3 Å². The molecule has 0 N–H and O–H groups in total. The molecule has 3 nitrogen and oxygen atoms in total. The van der Waals surface area contributed by atoms with Gasteiger partial charge >= 0.3 is 0 Å². The van der Waals surface area contributed by atoms with Gasteiger partial charge in [-0.15, -0.1) is 0 Å². The van der Waals surface area contributed by atoms with Crippen molar-refractivity contribution in [1.82, 2.24) is 9.97 Å². The molecule has 0 aliphatic carbocycles. The van der Waals surface area contributed by atoms with Gasteiger partial charge in [-0.2, -0.15) is 12.6 Å². The van der Waals surface area contributed by atoms with E-state index in [0.29, 0.717) is 11.6 Å². The molecule has 0 aliphatic heterocycles. The number of ether oxygens (including phenoxy) is 1. The zero-order valence-corrected chi connectivity index (χ0v) is 9.82. The van der Waals surface area contributed by atoms with E-state index < -0.39 is 0 Å². The van der Waals surface area contributed by atoms with Gasteiger partial charge in [-0.3, -0.25) is 0 Å². The summed E-state index contributed by atoms with van der Waals surface area (Å²) in [6, 6.07) is 9.65. The van der Waals surface area contributed by atoms with Crippen LogP contribution in [0.1, 0.15) is 5.82 Å². The first-order valence-electron chi connectivity index (χ1n) is 4.91. The summed E-state index contributed by atoms with van der Waals surface area (Å²) in [5.41, 5.74) is 1.83. The van der Waals surface area contributed by atoms with Crippen molar-refractivity contribution in [1.29, 1.82) is 0 Å². The van der Waals surface area contributed by atoms with Gasteiger partial charge in [-0.25, -0.2) is 9.97 Å². The van der Waals surface area contributed by atoms with E-state index in [1.807, 2.05) is 30.3 Å². The molecule has 1 aromatic carbocycles. The van der Waals surface area contributed by atoms with E-state index in [1.54, 1.807) is 13.3 Å². The molecule has 0 amide bonds. The lowest BCUT2D eigenvalue weighted by molar-refractivity contribution is 0.416. The van der Waals surface area contributed by atoms with E-state index in [-0.39, 0.29) is 0 Å². The molecule has 0 bridgehead atoms. The minimum absolute atomic E-state index is 0.531. The van der Waals surface area contributed by atoms with Crippen molar-refractivity contribution in [2.75, 3.05) is 7.11 Å². The summed E-state index contributed by atoms with van der Waals surface area (Å²) >= 11 is 4.16. The average molecular weight is 232 g/mol. The van der Waals surface area contributed by atoms with Crippen molar-refractivity contribution >= 4 is 12.6 Å². The molecule has 0 aliphatic rings. The molecule has 0 radical (unpaired) electrons. The van der Waals surface area contributed by atoms with E-state index in [2.05, 4.69) is 22.6 Å². The van der Waals surface area contributed by atoms with E-state index in [1.165, 1.54) is 0 Å². The summed E-state index contributed by atoms with van der Waals surface area (Å²) in [6.07, 6.45) is 1.74. The molecule has 0 spiro atoms. The number of nitrogens with zero attached hydrogens (tertiary/aromatic N) is 2. The fourth-order valence-corrected chi connectivity index (χ4v) is 1.63. The van der Waals surface area contributed by atoms with Gasteiger partial charge in [0.2, 0.25) is 0 Å². The minimum atomic E-state index is 0.531. The maximum Gasteiger partial charge on any atom is 0.138 e. The third-order valence-electron chi connectivity index (χ3n) is 2.23. The van der Waals surface area contributed by atoms with Crippen LogP contribution < -0.4 is 4.74 Å². The maximum atomic E-state index is 5.29. The Labute approximate surface area is 99.9 Å². The number of para-hydroxylation sites is 1. The van der Waals surface area contributed by atoms with Crippen molar-refractivity contribution in [2.45, 2.75) is 5.75 Å². The molecule has 4 heteroatoms. The number of aromatic nitrogens is 2. The van der Waals surface area contributed by atoms with Crippen LogP contribution in [0.5, 0.6) is 5.75 Å². The highest BCUT2D eigenvalue weighted by Crippen LogP contribution is 2.27. The summed E-state index contributed by atoms with van der Waals surface area (Å²) in [7, 11) is 1.65. The van der Waals surface area contributed by atoms with E-state index >= 15 is 0 Å². The van der Waals surface area contributed by atoms with Gasteiger partial charge in [-0.1, -0.05) is 12.1 Å².